The van der Waals surface area contributed by atoms with E-state index in [1.54, 1.807) is 12.1 Å². The second-order valence-electron chi connectivity index (χ2n) is 9.72. The summed E-state index contributed by atoms with van der Waals surface area (Å²) in [5.74, 6) is -3.05. The Bertz CT molecular complexity index is 1680. The summed E-state index contributed by atoms with van der Waals surface area (Å²) < 4.78 is 46.6. The van der Waals surface area contributed by atoms with Gasteiger partial charge in [0.15, 0.2) is 0 Å². The molecule has 0 spiro atoms. The van der Waals surface area contributed by atoms with Gasteiger partial charge >= 0.3 is 18.2 Å². The molecule has 2 N–H and O–H groups in total. The Morgan fingerprint density at radius 1 is 1.07 bits per heavy atom. The van der Waals surface area contributed by atoms with Crippen molar-refractivity contribution in [2.75, 3.05) is 11.9 Å². The molecule has 12 heteroatoms. The number of alkyl halides is 3. The molecule has 2 heterocycles. The summed E-state index contributed by atoms with van der Waals surface area (Å²) in [5, 5.41) is 9.33. The van der Waals surface area contributed by atoms with E-state index < -0.39 is 35.9 Å². The van der Waals surface area contributed by atoms with Crippen LogP contribution in [-0.4, -0.2) is 57.2 Å². The number of nitrogens with zero attached hydrogens (tertiary/aromatic N) is 3. The highest BCUT2D eigenvalue weighted by Gasteiger charge is 2.59. The molecule has 9 nitrogen and oxygen atoms in total. The van der Waals surface area contributed by atoms with Gasteiger partial charge in [0.25, 0.3) is 5.91 Å². The molecule has 1 atom stereocenters. The number of fused-ring (bicyclic) bond motifs is 3. The number of H-pyrrole nitrogens is 1. The van der Waals surface area contributed by atoms with Crippen LogP contribution in [0.2, 0.25) is 0 Å². The van der Waals surface area contributed by atoms with Crippen LogP contribution in [0, 0.1) is 0 Å². The number of amides is 2. The third kappa shape index (κ3) is 3.78. The fraction of sp³-hybridized carbons (Fsp3) is 0.214. The van der Waals surface area contributed by atoms with Crippen molar-refractivity contribution >= 4 is 35.0 Å². The number of aromatic nitrogens is 2. The molecule has 4 aromatic rings. The Morgan fingerprint density at radius 3 is 2.38 bits per heavy atom. The normalized spacial score (nSPS) is 18.6. The first-order valence-corrected chi connectivity index (χ1v) is 12.3. The number of hydrogen-bond acceptors (Lipinski definition) is 5. The minimum Gasteiger partial charge on any atom is -0.465 e. The van der Waals surface area contributed by atoms with E-state index in [9.17, 15) is 32.7 Å². The lowest BCUT2D eigenvalue weighted by Gasteiger charge is -2.42. The Labute approximate surface area is 224 Å². The third-order valence-electron chi connectivity index (χ3n) is 7.41. The second-order valence-corrected chi connectivity index (χ2v) is 9.72. The standard InChI is InChI=1S/C28H21F3N4O5/c1-34(26(38)39)25-32-21-11-10-17(14-22(21)33-25)27(40-24(37)28(29,30)31)20-9-5-4-8-19(20)23(36)35(27)18-12-15-6-2-3-7-16(15)13-18/h2-11,14,18H,12-13H2,1H3,(H,32,33)(H,38,39). The number of aromatic amines is 1. The van der Waals surface area contributed by atoms with Crippen LogP contribution in [0.1, 0.15) is 32.6 Å². The van der Waals surface area contributed by atoms with E-state index in [2.05, 4.69) is 9.97 Å². The largest absolute Gasteiger partial charge is 0.491 e. The third-order valence-corrected chi connectivity index (χ3v) is 7.41. The first kappa shape index (κ1) is 25.4. The zero-order valence-electron chi connectivity index (χ0n) is 20.9. The van der Waals surface area contributed by atoms with Crippen LogP contribution in [0.5, 0.6) is 0 Å². The van der Waals surface area contributed by atoms with E-state index in [1.807, 2.05) is 24.3 Å². The van der Waals surface area contributed by atoms with Crippen molar-refractivity contribution in [3.05, 3.63) is 94.5 Å². The highest BCUT2D eigenvalue weighted by atomic mass is 19.4. The highest BCUT2D eigenvalue weighted by molar-refractivity contribution is 6.01. The molecule has 40 heavy (non-hydrogen) atoms. The number of ether oxygens (including phenoxy) is 1. The molecule has 0 radical (unpaired) electrons. The molecule has 204 valence electrons. The number of anilines is 1. The molecule has 0 saturated heterocycles. The van der Waals surface area contributed by atoms with Crippen LogP contribution in [0.3, 0.4) is 0 Å². The van der Waals surface area contributed by atoms with Gasteiger partial charge in [0.05, 0.1) is 11.0 Å². The van der Waals surface area contributed by atoms with E-state index >= 15 is 0 Å². The van der Waals surface area contributed by atoms with Gasteiger partial charge in [-0.25, -0.2) is 14.6 Å². The maximum absolute atomic E-state index is 13.9. The quantitative estimate of drug-likeness (QED) is 0.359. The SMILES string of the molecule is CN(C(=O)O)c1nc2cc(C3(OC(=O)C(F)(F)F)c4ccccc4C(=O)N3C3Cc4ccccc4C3)ccc2[nH]1. The van der Waals surface area contributed by atoms with Crippen LogP contribution in [0.4, 0.5) is 23.9 Å². The lowest BCUT2D eigenvalue weighted by molar-refractivity contribution is -0.224. The maximum Gasteiger partial charge on any atom is 0.491 e. The van der Waals surface area contributed by atoms with E-state index in [0.717, 1.165) is 16.0 Å². The first-order chi connectivity index (χ1) is 19.0. The lowest BCUT2D eigenvalue weighted by Crippen LogP contribution is -2.54. The number of carboxylic acid groups (broad SMARTS) is 1. The predicted octanol–water partition coefficient (Wildman–Crippen LogP) is 4.61. The average Bonchev–Trinajstić information content (AvgIpc) is 3.60. The van der Waals surface area contributed by atoms with Crippen molar-refractivity contribution in [2.24, 2.45) is 0 Å². The van der Waals surface area contributed by atoms with Crippen molar-refractivity contribution in [2.45, 2.75) is 30.8 Å². The van der Waals surface area contributed by atoms with E-state index in [0.29, 0.717) is 18.4 Å². The Morgan fingerprint density at radius 2 is 1.73 bits per heavy atom. The molecule has 0 fully saturated rings. The van der Waals surface area contributed by atoms with E-state index in [1.165, 1.54) is 42.3 Å². The molecule has 6 rings (SSSR count). The molecule has 1 aliphatic heterocycles. The minimum atomic E-state index is -5.34. The fourth-order valence-corrected chi connectivity index (χ4v) is 5.61. The lowest BCUT2D eigenvalue weighted by atomic mass is 9.92. The van der Waals surface area contributed by atoms with Crippen LogP contribution < -0.4 is 4.90 Å². The summed E-state index contributed by atoms with van der Waals surface area (Å²) in [6, 6.07) is 17.3. The number of carbonyl (C=O) groups excluding carboxylic acids is 2. The molecular weight excluding hydrogens is 529 g/mol. The number of carbonyl (C=O) groups is 3. The molecule has 1 unspecified atom stereocenters. The van der Waals surface area contributed by atoms with Crippen molar-refractivity contribution in [3.8, 4) is 0 Å². The van der Waals surface area contributed by atoms with Gasteiger partial charge in [-0.1, -0.05) is 48.5 Å². The number of rotatable bonds is 4. The molecule has 2 amide bonds. The van der Waals surface area contributed by atoms with Crippen LogP contribution in [0.25, 0.3) is 11.0 Å². The molecule has 1 aliphatic carbocycles. The Kier molecular flexibility index (Phi) is 5.61. The van der Waals surface area contributed by atoms with Gasteiger partial charge in [0.1, 0.15) is 0 Å². The summed E-state index contributed by atoms with van der Waals surface area (Å²) in [4.78, 5) is 47.1. The Balaban J connectivity index is 1.58. The first-order valence-electron chi connectivity index (χ1n) is 12.3. The van der Waals surface area contributed by atoms with Gasteiger partial charge < -0.3 is 14.8 Å². The smallest absolute Gasteiger partial charge is 0.465 e. The van der Waals surface area contributed by atoms with Crippen molar-refractivity contribution in [1.82, 2.24) is 14.9 Å². The van der Waals surface area contributed by atoms with Gasteiger partial charge in [-0.05, 0) is 42.2 Å². The summed E-state index contributed by atoms with van der Waals surface area (Å²) >= 11 is 0. The van der Waals surface area contributed by atoms with Crippen molar-refractivity contribution < 1.29 is 37.4 Å². The number of nitrogens with one attached hydrogen (secondary N) is 1. The molecule has 0 saturated carbocycles. The summed E-state index contributed by atoms with van der Waals surface area (Å²) in [6.07, 6.45) is -5.93. The predicted molar refractivity (Wildman–Crippen MR) is 136 cm³/mol. The van der Waals surface area contributed by atoms with Gasteiger partial charge in [0, 0.05) is 29.8 Å². The number of esters is 1. The van der Waals surface area contributed by atoms with Gasteiger partial charge in [-0.3, -0.25) is 14.6 Å². The Hall–Kier alpha value is -4.87. The van der Waals surface area contributed by atoms with Crippen molar-refractivity contribution in [3.63, 3.8) is 0 Å². The van der Waals surface area contributed by atoms with Gasteiger partial charge in [-0.15, -0.1) is 0 Å². The second kappa shape index (κ2) is 8.83. The monoisotopic (exact) mass is 550 g/mol. The minimum absolute atomic E-state index is 0.0213. The summed E-state index contributed by atoms with van der Waals surface area (Å²) in [5.41, 5.74) is 0.471. The van der Waals surface area contributed by atoms with Crippen LogP contribution >= 0.6 is 0 Å². The van der Waals surface area contributed by atoms with Gasteiger partial charge in [-0.2, -0.15) is 13.2 Å². The number of benzene rings is 3. The van der Waals surface area contributed by atoms with E-state index in [-0.39, 0.29) is 28.2 Å². The zero-order valence-corrected chi connectivity index (χ0v) is 20.9. The van der Waals surface area contributed by atoms with Crippen LogP contribution in [0.15, 0.2) is 66.7 Å². The summed E-state index contributed by atoms with van der Waals surface area (Å²) in [6.45, 7) is 0. The molecule has 0 bridgehead atoms. The fourth-order valence-electron chi connectivity index (χ4n) is 5.61. The number of hydrogen-bond donors (Lipinski definition) is 2. The highest BCUT2D eigenvalue weighted by Crippen LogP contribution is 2.49. The molecule has 3 aromatic carbocycles. The number of halogens is 3. The average molecular weight is 550 g/mol. The maximum atomic E-state index is 13.9. The van der Waals surface area contributed by atoms with E-state index in [4.69, 9.17) is 4.74 Å². The van der Waals surface area contributed by atoms with Crippen LogP contribution in [-0.2, 0) is 28.1 Å². The van der Waals surface area contributed by atoms with Crippen molar-refractivity contribution in [1.29, 1.82) is 0 Å². The molecule has 2 aliphatic rings. The number of imidazole rings is 1. The summed E-state index contributed by atoms with van der Waals surface area (Å²) in [7, 11) is 1.28. The zero-order chi connectivity index (χ0) is 28.4. The molecular formula is C28H21F3N4O5. The topological polar surface area (TPSA) is 116 Å². The molecule has 1 aromatic heterocycles. The van der Waals surface area contributed by atoms with Gasteiger partial charge in [0.2, 0.25) is 11.7 Å².